The zero-order chi connectivity index (χ0) is 17.4. The summed E-state index contributed by atoms with van der Waals surface area (Å²) in [6, 6.07) is 5.28. The Hall–Kier alpha value is -1.97. The van der Waals surface area contributed by atoms with Crippen LogP contribution in [0.2, 0.25) is 0 Å². The van der Waals surface area contributed by atoms with Crippen LogP contribution < -0.4 is 16.1 Å². The molecule has 130 valence electrons. The summed E-state index contributed by atoms with van der Waals surface area (Å²) in [5, 5.41) is 29.7. The van der Waals surface area contributed by atoms with Crippen molar-refractivity contribution in [3.05, 3.63) is 40.2 Å². The number of ether oxygens (including phenoxy) is 2. The standard InChI is InChI=1S/C16H19NO7/c1-7-4-12(19)23-10-5-8(2-3-9(7)10)22-16-13(17)15(21)14(20)11(6-18)24-16/h2-5,11,13-16,18,20-21H,6,17H2,1H3/t11-,13-,14-,15-,16+/m1/s1. The average molecular weight is 337 g/mol. The molecule has 0 amide bonds. The Labute approximate surface area is 137 Å². The summed E-state index contributed by atoms with van der Waals surface area (Å²) < 4.78 is 16.2. The highest BCUT2D eigenvalue weighted by molar-refractivity contribution is 5.81. The predicted molar refractivity (Wildman–Crippen MR) is 83.6 cm³/mol. The zero-order valence-electron chi connectivity index (χ0n) is 13.0. The van der Waals surface area contributed by atoms with Gasteiger partial charge < -0.3 is 34.9 Å². The molecule has 1 aromatic carbocycles. The van der Waals surface area contributed by atoms with Gasteiger partial charge in [0.15, 0.2) is 0 Å². The summed E-state index contributed by atoms with van der Waals surface area (Å²) in [5.74, 6) is 0.317. The van der Waals surface area contributed by atoms with E-state index in [1.807, 2.05) is 0 Å². The number of aryl methyl sites for hydroxylation is 1. The van der Waals surface area contributed by atoms with Gasteiger partial charge in [0, 0.05) is 17.5 Å². The summed E-state index contributed by atoms with van der Waals surface area (Å²) >= 11 is 0. The van der Waals surface area contributed by atoms with Crippen molar-refractivity contribution in [2.75, 3.05) is 6.61 Å². The SMILES string of the molecule is Cc1cc(=O)oc2cc(O[C@H]3O[C@H](CO)[C@@H](O)[C@H](O)[C@H]3N)ccc12. The van der Waals surface area contributed by atoms with Gasteiger partial charge in [-0.2, -0.15) is 0 Å². The third-order valence-corrected chi connectivity index (χ3v) is 4.10. The van der Waals surface area contributed by atoms with Crippen LogP contribution in [0.1, 0.15) is 5.56 Å². The lowest BCUT2D eigenvalue weighted by Gasteiger charge is -2.40. The molecule has 3 rings (SSSR count). The maximum atomic E-state index is 11.5. The van der Waals surface area contributed by atoms with Crippen molar-refractivity contribution in [2.24, 2.45) is 5.73 Å². The first-order chi connectivity index (χ1) is 11.4. The van der Waals surface area contributed by atoms with Crippen LogP contribution >= 0.6 is 0 Å². The van der Waals surface area contributed by atoms with Gasteiger partial charge in [0.25, 0.3) is 0 Å². The number of rotatable bonds is 3. The second-order valence-electron chi connectivity index (χ2n) is 5.81. The molecule has 5 N–H and O–H groups in total. The van der Waals surface area contributed by atoms with Crippen molar-refractivity contribution in [3.63, 3.8) is 0 Å². The third kappa shape index (κ3) is 3.02. The molecular weight excluding hydrogens is 318 g/mol. The van der Waals surface area contributed by atoms with Crippen LogP contribution in [-0.2, 0) is 4.74 Å². The molecule has 8 nitrogen and oxygen atoms in total. The summed E-state index contributed by atoms with van der Waals surface area (Å²) in [4.78, 5) is 11.5. The van der Waals surface area contributed by atoms with E-state index in [2.05, 4.69) is 0 Å². The Morgan fingerprint density at radius 2 is 2.00 bits per heavy atom. The molecule has 2 heterocycles. The van der Waals surface area contributed by atoms with Crippen LogP contribution in [0.4, 0.5) is 0 Å². The maximum Gasteiger partial charge on any atom is 0.336 e. The average Bonchev–Trinajstić information content (AvgIpc) is 2.55. The van der Waals surface area contributed by atoms with Gasteiger partial charge in [-0.3, -0.25) is 0 Å². The van der Waals surface area contributed by atoms with E-state index in [4.69, 9.17) is 19.6 Å². The van der Waals surface area contributed by atoms with Crippen molar-refractivity contribution in [1.29, 1.82) is 0 Å². The molecule has 0 radical (unpaired) electrons. The third-order valence-electron chi connectivity index (χ3n) is 4.10. The van der Waals surface area contributed by atoms with E-state index >= 15 is 0 Å². The van der Waals surface area contributed by atoms with Gasteiger partial charge in [0.2, 0.25) is 6.29 Å². The summed E-state index contributed by atoms with van der Waals surface area (Å²) in [6.45, 7) is 1.31. The number of hydrogen-bond acceptors (Lipinski definition) is 8. The predicted octanol–water partition coefficient (Wildman–Crippen LogP) is -0.753. The monoisotopic (exact) mass is 337 g/mol. The van der Waals surface area contributed by atoms with Crippen molar-refractivity contribution < 1.29 is 29.2 Å². The summed E-state index contributed by atoms with van der Waals surface area (Å²) in [6.07, 6.45) is -4.69. The molecule has 0 saturated carbocycles. The Balaban J connectivity index is 1.87. The van der Waals surface area contributed by atoms with Gasteiger partial charge in [-0.1, -0.05) is 0 Å². The summed E-state index contributed by atoms with van der Waals surface area (Å²) in [5.41, 5.74) is 6.48. The van der Waals surface area contributed by atoms with Gasteiger partial charge in [-0.25, -0.2) is 4.79 Å². The van der Waals surface area contributed by atoms with E-state index in [-0.39, 0.29) is 0 Å². The highest BCUT2D eigenvalue weighted by Gasteiger charge is 2.43. The Kier molecular flexibility index (Phi) is 4.57. The van der Waals surface area contributed by atoms with E-state index in [9.17, 15) is 20.1 Å². The number of fused-ring (bicyclic) bond motifs is 1. The summed E-state index contributed by atoms with van der Waals surface area (Å²) in [7, 11) is 0. The Morgan fingerprint density at radius 1 is 1.25 bits per heavy atom. The number of aliphatic hydroxyl groups excluding tert-OH is 3. The second kappa shape index (κ2) is 6.50. The molecule has 1 fully saturated rings. The molecule has 0 bridgehead atoms. The van der Waals surface area contributed by atoms with Crippen LogP contribution in [-0.4, -0.2) is 52.6 Å². The molecule has 0 spiro atoms. The quantitative estimate of drug-likeness (QED) is 0.537. The van der Waals surface area contributed by atoms with Crippen molar-refractivity contribution in [3.8, 4) is 5.75 Å². The smallest absolute Gasteiger partial charge is 0.336 e. The molecule has 1 aromatic heterocycles. The lowest BCUT2D eigenvalue weighted by atomic mass is 9.98. The zero-order valence-corrected chi connectivity index (χ0v) is 13.0. The second-order valence-corrected chi connectivity index (χ2v) is 5.81. The first kappa shape index (κ1) is 16.9. The molecule has 0 unspecified atom stereocenters. The van der Waals surface area contributed by atoms with Gasteiger partial charge in [0.05, 0.1) is 12.6 Å². The first-order valence-corrected chi connectivity index (χ1v) is 7.50. The molecule has 8 heteroatoms. The van der Waals surface area contributed by atoms with Crippen LogP contribution in [0.5, 0.6) is 5.75 Å². The lowest BCUT2D eigenvalue weighted by molar-refractivity contribution is -0.239. The topological polar surface area (TPSA) is 135 Å². The maximum absolute atomic E-state index is 11.5. The Bertz CT molecular complexity index is 788. The molecule has 1 aliphatic heterocycles. The molecule has 0 aliphatic carbocycles. The van der Waals surface area contributed by atoms with Crippen LogP contribution in [0.15, 0.2) is 33.5 Å². The highest BCUT2D eigenvalue weighted by Crippen LogP contribution is 2.26. The van der Waals surface area contributed by atoms with Crippen LogP contribution in [0.25, 0.3) is 11.0 Å². The fourth-order valence-electron chi connectivity index (χ4n) is 2.72. The minimum atomic E-state index is -1.30. The molecule has 1 saturated heterocycles. The number of aliphatic hydroxyl groups is 3. The number of benzene rings is 1. The Morgan fingerprint density at radius 3 is 2.71 bits per heavy atom. The van der Waals surface area contributed by atoms with E-state index in [1.165, 1.54) is 12.1 Å². The lowest BCUT2D eigenvalue weighted by Crippen LogP contribution is -2.63. The number of hydrogen-bond donors (Lipinski definition) is 4. The largest absolute Gasteiger partial charge is 0.463 e. The van der Waals surface area contributed by atoms with Crippen molar-refractivity contribution in [2.45, 2.75) is 37.6 Å². The molecular formula is C16H19NO7. The fourth-order valence-corrected chi connectivity index (χ4v) is 2.72. The van der Waals surface area contributed by atoms with E-state index in [0.717, 1.165) is 10.9 Å². The molecule has 5 atom stereocenters. The van der Waals surface area contributed by atoms with Crippen LogP contribution in [0.3, 0.4) is 0 Å². The van der Waals surface area contributed by atoms with Crippen molar-refractivity contribution in [1.82, 2.24) is 0 Å². The highest BCUT2D eigenvalue weighted by atomic mass is 16.7. The minimum absolute atomic E-state index is 0.317. The molecule has 2 aromatic rings. The molecule has 24 heavy (non-hydrogen) atoms. The minimum Gasteiger partial charge on any atom is -0.463 e. The van der Waals surface area contributed by atoms with E-state index in [0.29, 0.717) is 11.3 Å². The molecule has 1 aliphatic rings. The van der Waals surface area contributed by atoms with E-state index in [1.54, 1.807) is 19.1 Å². The van der Waals surface area contributed by atoms with E-state index < -0.39 is 42.9 Å². The van der Waals surface area contributed by atoms with Gasteiger partial charge in [-0.15, -0.1) is 0 Å². The number of nitrogens with two attached hydrogens (primary N) is 1. The van der Waals surface area contributed by atoms with Gasteiger partial charge in [-0.05, 0) is 24.6 Å². The normalized spacial score (nSPS) is 30.5. The fraction of sp³-hybridized carbons (Fsp3) is 0.438. The van der Waals surface area contributed by atoms with Gasteiger partial charge >= 0.3 is 5.63 Å². The van der Waals surface area contributed by atoms with Crippen LogP contribution in [0, 0.1) is 6.92 Å². The first-order valence-electron chi connectivity index (χ1n) is 7.50. The van der Waals surface area contributed by atoms with Gasteiger partial charge in [0.1, 0.15) is 29.6 Å². The van der Waals surface area contributed by atoms with Crippen molar-refractivity contribution >= 4 is 11.0 Å².